The fourth-order valence-corrected chi connectivity index (χ4v) is 3.04. The van der Waals surface area contributed by atoms with Gasteiger partial charge >= 0.3 is 6.18 Å². The van der Waals surface area contributed by atoms with Gasteiger partial charge in [0, 0.05) is 19.0 Å². The highest BCUT2D eigenvalue weighted by Gasteiger charge is 2.42. The molecule has 0 radical (unpaired) electrons. The van der Waals surface area contributed by atoms with Crippen LogP contribution in [0.1, 0.15) is 44.9 Å². The molecule has 18 heavy (non-hydrogen) atoms. The van der Waals surface area contributed by atoms with Gasteiger partial charge in [-0.15, -0.1) is 0 Å². The second-order valence-corrected chi connectivity index (χ2v) is 5.48. The quantitative estimate of drug-likeness (QED) is 0.710. The summed E-state index contributed by atoms with van der Waals surface area (Å²) >= 11 is 0. The van der Waals surface area contributed by atoms with Crippen molar-refractivity contribution >= 4 is 5.91 Å². The molecule has 0 aromatic carbocycles. The molecule has 104 valence electrons. The Bertz CT molecular complexity index is 289. The van der Waals surface area contributed by atoms with E-state index in [1.165, 1.54) is 0 Å². The van der Waals surface area contributed by atoms with Crippen LogP contribution in [-0.2, 0) is 4.79 Å². The third-order valence-corrected chi connectivity index (χ3v) is 4.21. The minimum Gasteiger partial charge on any atom is -0.342 e. The van der Waals surface area contributed by atoms with Gasteiger partial charge < -0.3 is 4.90 Å². The van der Waals surface area contributed by atoms with E-state index in [0.717, 1.165) is 32.4 Å². The van der Waals surface area contributed by atoms with Crippen molar-refractivity contribution in [3.8, 4) is 0 Å². The number of hydrogen-bond acceptors (Lipinski definition) is 1. The van der Waals surface area contributed by atoms with Gasteiger partial charge in [-0.25, -0.2) is 0 Å². The molecular weight excluding hydrogens is 243 g/mol. The SMILES string of the molecule is O=C(C1CCC(C(F)(F)F)CC1)N1CCCCC1. The second kappa shape index (κ2) is 5.49. The predicted molar refractivity (Wildman–Crippen MR) is 61.9 cm³/mol. The maximum Gasteiger partial charge on any atom is 0.391 e. The summed E-state index contributed by atoms with van der Waals surface area (Å²) in [7, 11) is 0. The van der Waals surface area contributed by atoms with Gasteiger partial charge in [0.1, 0.15) is 0 Å². The molecule has 0 spiro atoms. The topological polar surface area (TPSA) is 20.3 Å². The lowest BCUT2D eigenvalue weighted by Gasteiger charge is -2.34. The maximum atomic E-state index is 12.5. The first-order valence-electron chi connectivity index (χ1n) is 6.84. The minimum atomic E-state index is -4.08. The summed E-state index contributed by atoms with van der Waals surface area (Å²) in [5, 5.41) is 0. The average Bonchev–Trinajstić information content (AvgIpc) is 2.38. The van der Waals surface area contributed by atoms with E-state index in [-0.39, 0.29) is 24.7 Å². The highest BCUT2D eigenvalue weighted by Crippen LogP contribution is 2.40. The van der Waals surface area contributed by atoms with Crippen molar-refractivity contribution in [3.05, 3.63) is 0 Å². The standard InChI is InChI=1S/C13H20F3NO/c14-13(15,16)11-6-4-10(5-7-11)12(18)17-8-2-1-3-9-17/h10-11H,1-9H2. The monoisotopic (exact) mass is 263 g/mol. The van der Waals surface area contributed by atoms with Gasteiger partial charge in [0.2, 0.25) is 5.91 Å². The van der Waals surface area contributed by atoms with Crippen LogP contribution in [0.2, 0.25) is 0 Å². The summed E-state index contributed by atoms with van der Waals surface area (Å²) in [6, 6.07) is 0. The van der Waals surface area contributed by atoms with E-state index in [1.807, 2.05) is 4.90 Å². The molecule has 0 bridgehead atoms. The molecule has 1 saturated carbocycles. The molecule has 0 unspecified atom stereocenters. The average molecular weight is 263 g/mol. The van der Waals surface area contributed by atoms with Gasteiger partial charge in [0.15, 0.2) is 0 Å². The minimum absolute atomic E-state index is 0.0929. The van der Waals surface area contributed by atoms with Gasteiger partial charge in [-0.3, -0.25) is 4.79 Å². The van der Waals surface area contributed by atoms with Crippen molar-refractivity contribution in [2.45, 2.75) is 51.1 Å². The molecule has 0 N–H and O–H groups in total. The van der Waals surface area contributed by atoms with Crippen molar-refractivity contribution in [2.75, 3.05) is 13.1 Å². The Morgan fingerprint density at radius 2 is 1.50 bits per heavy atom. The van der Waals surface area contributed by atoms with Gasteiger partial charge in [-0.2, -0.15) is 13.2 Å². The molecule has 2 aliphatic rings. The molecule has 1 aliphatic carbocycles. The van der Waals surface area contributed by atoms with E-state index in [2.05, 4.69) is 0 Å². The van der Waals surface area contributed by atoms with Crippen LogP contribution in [0.5, 0.6) is 0 Å². The lowest BCUT2D eigenvalue weighted by atomic mass is 9.81. The summed E-state index contributed by atoms with van der Waals surface area (Å²) in [5.41, 5.74) is 0. The van der Waals surface area contributed by atoms with E-state index in [1.54, 1.807) is 0 Å². The highest BCUT2D eigenvalue weighted by molar-refractivity contribution is 5.79. The Hall–Kier alpha value is -0.740. The summed E-state index contributed by atoms with van der Waals surface area (Å²) in [5.74, 6) is -1.26. The molecule has 0 aromatic heterocycles. The normalized spacial score (nSPS) is 30.3. The Balaban J connectivity index is 1.83. The maximum absolute atomic E-state index is 12.5. The summed E-state index contributed by atoms with van der Waals surface area (Å²) in [4.78, 5) is 14.0. The molecule has 0 atom stereocenters. The molecule has 1 amide bonds. The number of carbonyl (C=O) groups is 1. The zero-order valence-electron chi connectivity index (χ0n) is 10.5. The molecule has 1 heterocycles. The first-order chi connectivity index (χ1) is 8.48. The van der Waals surface area contributed by atoms with Crippen LogP contribution in [0.25, 0.3) is 0 Å². The van der Waals surface area contributed by atoms with E-state index >= 15 is 0 Å². The third kappa shape index (κ3) is 3.18. The number of halogens is 3. The van der Waals surface area contributed by atoms with Crippen LogP contribution in [0.4, 0.5) is 13.2 Å². The summed E-state index contributed by atoms with van der Waals surface area (Å²) < 4.78 is 37.6. The molecule has 2 rings (SSSR count). The Morgan fingerprint density at radius 1 is 0.944 bits per heavy atom. The number of hydrogen-bond donors (Lipinski definition) is 0. The predicted octanol–water partition coefficient (Wildman–Crippen LogP) is 3.37. The second-order valence-electron chi connectivity index (χ2n) is 5.48. The van der Waals surface area contributed by atoms with Crippen LogP contribution >= 0.6 is 0 Å². The molecule has 1 saturated heterocycles. The molecule has 0 aromatic rings. The van der Waals surface area contributed by atoms with E-state index in [0.29, 0.717) is 12.8 Å². The van der Waals surface area contributed by atoms with Crippen LogP contribution in [-0.4, -0.2) is 30.1 Å². The number of alkyl halides is 3. The zero-order valence-corrected chi connectivity index (χ0v) is 10.5. The van der Waals surface area contributed by atoms with Gasteiger partial charge in [-0.05, 0) is 44.9 Å². The number of rotatable bonds is 1. The Labute approximate surface area is 106 Å². The van der Waals surface area contributed by atoms with Crippen molar-refractivity contribution in [1.29, 1.82) is 0 Å². The molecular formula is C13H20F3NO. The van der Waals surface area contributed by atoms with E-state index in [4.69, 9.17) is 0 Å². The summed E-state index contributed by atoms with van der Waals surface area (Å²) in [6.07, 6.45) is 0.178. The van der Waals surface area contributed by atoms with E-state index in [9.17, 15) is 18.0 Å². The largest absolute Gasteiger partial charge is 0.391 e. The Kier molecular flexibility index (Phi) is 4.17. The number of amides is 1. The van der Waals surface area contributed by atoms with Crippen LogP contribution in [0.3, 0.4) is 0 Å². The first-order valence-corrected chi connectivity index (χ1v) is 6.84. The fourth-order valence-electron chi connectivity index (χ4n) is 3.04. The smallest absolute Gasteiger partial charge is 0.342 e. The van der Waals surface area contributed by atoms with Crippen molar-refractivity contribution < 1.29 is 18.0 Å². The van der Waals surface area contributed by atoms with Crippen molar-refractivity contribution in [1.82, 2.24) is 4.90 Å². The fraction of sp³-hybridized carbons (Fsp3) is 0.923. The highest BCUT2D eigenvalue weighted by atomic mass is 19.4. The van der Waals surface area contributed by atoms with Crippen molar-refractivity contribution in [3.63, 3.8) is 0 Å². The third-order valence-electron chi connectivity index (χ3n) is 4.21. The van der Waals surface area contributed by atoms with Gasteiger partial charge in [0.05, 0.1) is 5.92 Å². The van der Waals surface area contributed by atoms with Crippen molar-refractivity contribution in [2.24, 2.45) is 11.8 Å². The van der Waals surface area contributed by atoms with Crippen LogP contribution < -0.4 is 0 Å². The first kappa shape index (κ1) is 13.7. The van der Waals surface area contributed by atoms with Gasteiger partial charge in [-0.1, -0.05) is 0 Å². The van der Waals surface area contributed by atoms with Crippen LogP contribution in [0.15, 0.2) is 0 Å². The lowest BCUT2D eigenvalue weighted by molar-refractivity contribution is -0.185. The van der Waals surface area contributed by atoms with Crippen LogP contribution in [0, 0.1) is 11.8 Å². The molecule has 2 fully saturated rings. The molecule has 5 heteroatoms. The number of likely N-dealkylation sites (tertiary alicyclic amines) is 1. The number of carbonyl (C=O) groups excluding carboxylic acids is 1. The summed E-state index contributed by atoms with van der Waals surface area (Å²) in [6.45, 7) is 1.58. The van der Waals surface area contributed by atoms with E-state index < -0.39 is 12.1 Å². The number of nitrogens with zero attached hydrogens (tertiary/aromatic N) is 1. The number of piperidine rings is 1. The molecule has 1 aliphatic heterocycles. The lowest BCUT2D eigenvalue weighted by Crippen LogP contribution is -2.41. The zero-order chi connectivity index (χ0) is 13.2. The van der Waals surface area contributed by atoms with Gasteiger partial charge in [0.25, 0.3) is 0 Å². The molecule has 2 nitrogen and oxygen atoms in total. The Morgan fingerprint density at radius 3 is 2.00 bits per heavy atom.